The summed E-state index contributed by atoms with van der Waals surface area (Å²) in [6.07, 6.45) is 3.30. The second-order valence-electron chi connectivity index (χ2n) is 4.62. The maximum Gasteiger partial charge on any atom is 0.253 e. The van der Waals surface area contributed by atoms with Gasteiger partial charge >= 0.3 is 0 Å². The Hall–Kier alpha value is -1.36. The first kappa shape index (κ1) is 15.7. The summed E-state index contributed by atoms with van der Waals surface area (Å²) in [7, 11) is 0. The molecule has 110 valence electrons. The third kappa shape index (κ3) is 3.35. The molecule has 0 aliphatic carbocycles. The largest absolute Gasteiger partial charge is 0.380 e. The summed E-state index contributed by atoms with van der Waals surface area (Å²) in [4.78, 5) is 25.1. The first-order valence-electron chi connectivity index (χ1n) is 6.65. The summed E-state index contributed by atoms with van der Waals surface area (Å²) in [5.41, 5.74) is 0.362. The second kappa shape index (κ2) is 7.28. The van der Waals surface area contributed by atoms with E-state index in [4.69, 9.17) is 4.74 Å². The van der Waals surface area contributed by atoms with E-state index in [2.05, 4.69) is 12.2 Å². The summed E-state index contributed by atoms with van der Waals surface area (Å²) >= 11 is 0. The van der Waals surface area contributed by atoms with Crippen molar-refractivity contribution in [3.63, 3.8) is 0 Å². The zero-order valence-electron chi connectivity index (χ0n) is 10.8. The second-order valence-corrected chi connectivity index (χ2v) is 4.62. The molecule has 1 heterocycles. The number of anilines is 2. The number of unbranched alkanes of at least 4 members (excludes halogenated alkanes) is 2. The Balaban J connectivity index is 0.00000180. The molecule has 1 fully saturated rings. The Labute approximate surface area is 115 Å². The van der Waals surface area contributed by atoms with Gasteiger partial charge in [0.15, 0.2) is 0 Å². The number of nitrogens with one attached hydrogen (secondary N) is 1. The number of morpholine rings is 1. The van der Waals surface area contributed by atoms with Gasteiger partial charge in [0.1, 0.15) is 11.4 Å². The van der Waals surface area contributed by atoms with Crippen LogP contribution in [0.5, 0.6) is 0 Å². The van der Waals surface area contributed by atoms with Crippen molar-refractivity contribution in [3.8, 4) is 0 Å². The molecule has 19 heavy (non-hydrogen) atoms. The van der Waals surface area contributed by atoms with Crippen molar-refractivity contribution < 1.29 is 6.16 Å². The van der Waals surface area contributed by atoms with Crippen LogP contribution in [0.3, 0.4) is 0 Å². The average Bonchev–Trinajstić information content (AvgIpc) is 2.42. The first-order chi connectivity index (χ1) is 8.75. The van der Waals surface area contributed by atoms with E-state index in [0.717, 1.165) is 25.8 Å². The molecule has 1 aromatic carbocycles. The van der Waals surface area contributed by atoms with Crippen LogP contribution in [0.25, 0.3) is 0 Å². The highest BCUT2D eigenvalue weighted by molar-refractivity contribution is 5.75. The van der Waals surface area contributed by atoms with Crippen LogP contribution in [0.2, 0.25) is 0 Å². The molecule has 0 aromatic heterocycles. The summed E-state index contributed by atoms with van der Waals surface area (Å²) in [5.74, 6) is 0. The van der Waals surface area contributed by atoms with Crippen molar-refractivity contribution in [2.45, 2.75) is 33.6 Å². The maximum atomic E-state index is 11.6. The lowest BCUT2D eigenvalue weighted by atomic mass is 10.1. The highest BCUT2D eigenvalue weighted by Gasteiger charge is 2.26. The minimum atomic E-state index is -0.368. The van der Waals surface area contributed by atoms with Crippen molar-refractivity contribution in [3.05, 3.63) is 20.4 Å². The molecule has 0 atom stereocenters. The molecule has 0 spiro atoms. The normalized spacial score (nSPS) is 15.3. The van der Waals surface area contributed by atoms with Crippen LogP contribution in [-0.2, 0) is 4.74 Å². The molecule has 0 saturated carbocycles. The summed E-state index contributed by atoms with van der Waals surface area (Å²) < 4.78 is 5.25. The lowest BCUT2D eigenvalue weighted by molar-refractivity contribution is 0.122. The molecular formula is C14H26N2O3. The van der Waals surface area contributed by atoms with Gasteiger partial charge in [-0.15, -0.1) is 0 Å². The molecule has 2 rings (SSSR count). The third-order valence-corrected chi connectivity index (χ3v) is 3.29. The molecule has 5 heteroatoms. The zero-order chi connectivity index (χ0) is 13.0. The molecular weight excluding hydrogens is 244 g/mol. The molecule has 1 aliphatic rings. The molecule has 1 aliphatic heterocycles. The monoisotopic (exact) mass is 270 g/mol. The summed E-state index contributed by atoms with van der Waals surface area (Å²) in [5, 5.41) is 3.11. The maximum absolute atomic E-state index is 11.6. The highest BCUT2D eigenvalue weighted by Crippen LogP contribution is 2.21. The van der Waals surface area contributed by atoms with E-state index in [9.17, 15) is 9.59 Å². The highest BCUT2D eigenvalue weighted by atomic mass is 16.5. The quantitative estimate of drug-likeness (QED) is 0.628. The van der Waals surface area contributed by atoms with Crippen molar-refractivity contribution in [2.75, 3.05) is 43.1 Å². The molecule has 1 saturated heterocycles. The van der Waals surface area contributed by atoms with Gasteiger partial charge in [0.05, 0.1) is 13.2 Å². The van der Waals surface area contributed by atoms with Crippen LogP contribution in [0, 0.1) is 0 Å². The van der Waals surface area contributed by atoms with Crippen LogP contribution in [0.15, 0.2) is 9.59 Å². The van der Waals surface area contributed by atoms with E-state index in [-0.39, 0.29) is 19.7 Å². The predicted octanol–water partition coefficient (Wildman–Crippen LogP) is 1.60. The van der Waals surface area contributed by atoms with Crippen LogP contribution in [0.4, 0.5) is 11.4 Å². The Kier molecular flexibility index (Phi) is 6.02. The van der Waals surface area contributed by atoms with Crippen molar-refractivity contribution in [2.24, 2.45) is 0 Å². The van der Waals surface area contributed by atoms with Crippen LogP contribution >= 0.6 is 0 Å². The molecule has 0 radical (unpaired) electrons. The topological polar surface area (TPSA) is 58.6 Å². The van der Waals surface area contributed by atoms with Crippen molar-refractivity contribution >= 4 is 11.4 Å². The zero-order valence-corrected chi connectivity index (χ0v) is 10.8. The van der Waals surface area contributed by atoms with Crippen LogP contribution in [-0.4, -0.2) is 32.8 Å². The van der Waals surface area contributed by atoms with Gasteiger partial charge in [-0.3, -0.25) is 9.59 Å². The van der Waals surface area contributed by atoms with E-state index >= 15 is 0 Å². The summed E-state index contributed by atoms with van der Waals surface area (Å²) in [6, 6.07) is 0. The number of nitrogens with zero attached hydrogens (tertiary/aromatic N) is 1. The average molecular weight is 270 g/mol. The van der Waals surface area contributed by atoms with Gasteiger partial charge in [-0.05, 0) is 6.42 Å². The van der Waals surface area contributed by atoms with Gasteiger partial charge < -0.3 is 15.0 Å². The fraction of sp³-hybridized carbons (Fsp3) is 0.714. The molecule has 1 N–H and O–H groups in total. The minimum absolute atomic E-state index is 0. The number of ether oxygens (including phenoxy) is 1. The predicted molar refractivity (Wildman–Crippen MR) is 81.2 cm³/mol. The lowest BCUT2D eigenvalue weighted by Gasteiger charge is -2.30. The lowest BCUT2D eigenvalue weighted by Crippen LogP contribution is -2.47. The van der Waals surface area contributed by atoms with Crippen molar-refractivity contribution in [1.82, 2.24) is 0 Å². The fourth-order valence-electron chi connectivity index (χ4n) is 2.22. The van der Waals surface area contributed by atoms with E-state index < -0.39 is 0 Å². The SMILES string of the molecule is C.CCCCCNc1c(N2CCOCC2)c(=O)c1=O.[HH]. The number of rotatable bonds is 6. The molecule has 1 aromatic rings. The Morgan fingerprint density at radius 3 is 2.53 bits per heavy atom. The Bertz CT molecular complexity index is 463. The van der Waals surface area contributed by atoms with E-state index in [1.54, 1.807) is 0 Å². The third-order valence-electron chi connectivity index (χ3n) is 3.29. The van der Waals surface area contributed by atoms with Gasteiger partial charge in [0.25, 0.3) is 10.9 Å². The van der Waals surface area contributed by atoms with Gasteiger partial charge in [-0.25, -0.2) is 0 Å². The fourth-order valence-corrected chi connectivity index (χ4v) is 2.22. The smallest absolute Gasteiger partial charge is 0.253 e. The number of hydrogen-bond acceptors (Lipinski definition) is 5. The van der Waals surface area contributed by atoms with E-state index in [0.29, 0.717) is 37.7 Å². The Morgan fingerprint density at radius 2 is 1.89 bits per heavy atom. The standard InChI is InChI=1S/C13H20N2O3.CH4.H2/c1-2-3-4-5-14-10-11(13(17)12(10)16)15-6-8-18-9-7-15;;/h14H,2-9H2,1H3;1H4;1H. The van der Waals surface area contributed by atoms with Crippen molar-refractivity contribution in [1.29, 1.82) is 0 Å². The van der Waals surface area contributed by atoms with E-state index in [1.807, 2.05) is 4.90 Å². The molecule has 0 bridgehead atoms. The van der Waals surface area contributed by atoms with E-state index in [1.165, 1.54) is 0 Å². The van der Waals surface area contributed by atoms with Crippen LogP contribution in [0.1, 0.15) is 35.0 Å². The Morgan fingerprint density at radius 1 is 1.21 bits per heavy atom. The van der Waals surface area contributed by atoms with Gasteiger partial charge in [0, 0.05) is 21.1 Å². The first-order valence-corrected chi connectivity index (χ1v) is 6.65. The minimum Gasteiger partial charge on any atom is -0.380 e. The molecule has 0 amide bonds. The van der Waals surface area contributed by atoms with Gasteiger partial charge in [-0.1, -0.05) is 27.2 Å². The summed E-state index contributed by atoms with van der Waals surface area (Å²) in [6.45, 7) is 5.51. The molecule has 0 unspecified atom stereocenters. The number of hydrogen-bond donors (Lipinski definition) is 1. The molecule has 5 nitrogen and oxygen atoms in total. The van der Waals surface area contributed by atoms with Gasteiger partial charge in [0.2, 0.25) is 0 Å². The van der Waals surface area contributed by atoms with Crippen LogP contribution < -0.4 is 21.1 Å². The van der Waals surface area contributed by atoms with Gasteiger partial charge in [-0.2, -0.15) is 0 Å².